The molecule has 1 amide bonds. The average molecular weight is 357 g/mol. The minimum Gasteiger partial charge on any atom is -0.486 e. The van der Waals surface area contributed by atoms with Gasteiger partial charge in [0, 0.05) is 30.5 Å². The van der Waals surface area contributed by atoms with Crippen molar-refractivity contribution >= 4 is 11.7 Å². The fourth-order valence-electron chi connectivity index (χ4n) is 4.13. The van der Waals surface area contributed by atoms with E-state index < -0.39 is 0 Å². The van der Waals surface area contributed by atoms with Crippen LogP contribution >= 0.6 is 0 Å². The summed E-state index contributed by atoms with van der Waals surface area (Å²) in [7, 11) is 0. The third kappa shape index (κ3) is 3.87. The molecule has 1 aromatic rings. The second kappa shape index (κ2) is 7.68. The van der Waals surface area contributed by atoms with Gasteiger partial charge in [-0.05, 0) is 43.9 Å². The summed E-state index contributed by atoms with van der Waals surface area (Å²) in [6, 6.07) is 6.10. The number of Topliss-reactive ketones (excluding diaryl/α,β-unsaturated/α-hetero) is 1. The van der Waals surface area contributed by atoms with Crippen molar-refractivity contribution in [2.45, 2.75) is 69.9 Å². The highest BCUT2D eigenvalue weighted by Crippen LogP contribution is 2.35. The molecule has 140 valence electrons. The molecule has 2 fully saturated rings. The van der Waals surface area contributed by atoms with Gasteiger partial charge >= 0.3 is 0 Å². The summed E-state index contributed by atoms with van der Waals surface area (Å²) in [6.07, 6.45) is 8.78. The van der Waals surface area contributed by atoms with Gasteiger partial charge < -0.3 is 14.4 Å². The Balaban J connectivity index is 1.36. The molecule has 1 aliphatic heterocycles. The van der Waals surface area contributed by atoms with E-state index in [-0.39, 0.29) is 18.1 Å². The van der Waals surface area contributed by atoms with Gasteiger partial charge in [0.1, 0.15) is 13.2 Å². The molecule has 0 spiro atoms. The first-order valence-electron chi connectivity index (χ1n) is 9.96. The highest BCUT2D eigenvalue weighted by molar-refractivity contribution is 5.98. The molecule has 3 aliphatic rings. The van der Waals surface area contributed by atoms with Gasteiger partial charge in [0.25, 0.3) is 0 Å². The molecule has 5 heteroatoms. The minimum absolute atomic E-state index is 0.00489. The first-order valence-corrected chi connectivity index (χ1v) is 9.96. The first kappa shape index (κ1) is 17.4. The fourth-order valence-corrected chi connectivity index (χ4v) is 4.13. The SMILES string of the molecule is O=C(CCC(=O)N(C1CCCCC1)C1CC1)c1ccc2c(c1)OCCO2. The Morgan fingerprint density at radius 2 is 1.58 bits per heavy atom. The molecule has 0 saturated heterocycles. The van der Waals surface area contributed by atoms with E-state index in [1.807, 2.05) is 0 Å². The van der Waals surface area contributed by atoms with E-state index in [2.05, 4.69) is 4.90 Å². The third-order valence-electron chi connectivity index (χ3n) is 5.63. The lowest BCUT2D eigenvalue weighted by Gasteiger charge is -2.34. The maximum absolute atomic E-state index is 12.8. The molecule has 0 bridgehead atoms. The van der Waals surface area contributed by atoms with Gasteiger partial charge in [0.05, 0.1) is 0 Å². The Hall–Kier alpha value is -2.04. The number of carbonyl (C=O) groups excluding carboxylic acids is 2. The zero-order valence-electron chi connectivity index (χ0n) is 15.2. The largest absolute Gasteiger partial charge is 0.486 e. The number of hydrogen-bond acceptors (Lipinski definition) is 4. The van der Waals surface area contributed by atoms with Crippen LogP contribution in [0.15, 0.2) is 18.2 Å². The lowest BCUT2D eigenvalue weighted by molar-refractivity contribution is -0.134. The number of fused-ring (bicyclic) bond motifs is 1. The molecule has 1 aromatic carbocycles. The predicted molar refractivity (Wildman–Crippen MR) is 97.7 cm³/mol. The van der Waals surface area contributed by atoms with Crippen molar-refractivity contribution in [2.24, 2.45) is 0 Å². The van der Waals surface area contributed by atoms with Crippen LogP contribution in [0.4, 0.5) is 0 Å². The monoisotopic (exact) mass is 357 g/mol. The molecular weight excluding hydrogens is 330 g/mol. The average Bonchev–Trinajstić information content (AvgIpc) is 3.51. The number of ketones is 1. The van der Waals surface area contributed by atoms with Crippen LogP contribution in [-0.2, 0) is 4.79 Å². The molecular formula is C21H27NO4. The maximum atomic E-state index is 12.8. The smallest absolute Gasteiger partial charge is 0.223 e. The summed E-state index contributed by atoms with van der Waals surface area (Å²) in [4.78, 5) is 27.5. The van der Waals surface area contributed by atoms with Crippen LogP contribution in [0.5, 0.6) is 11.5 Å². The molecule has 0 N–H and O–H groups in total. The van der Waals surface area contributed by atoms with E-state index in [0.717, 1.165) is 25.7 Å². The van der Waals surface area contributed by atoms with E-state index in [1.54, 1.807) is 18.2 Å². The number of ether oxygens (including phenoxy) is 2. The zero-order valence-corrected chi connectivity index (χ0v) is 15.2. The topological polar surface area (TPSA) is 55.8 Å². The first-order chi connectivity index (χ1) is 12.7. The van der Waals surface area contributed by atoms with Crippen LogP contribution in [0.3, 0.4) is 0 Å². The van der Waals surface area contributed by atoms with Crippen molar-refractivity contribution in [1.29, 1.82) is 0 Å². The van der Waals surface area contributed by atoms with Crippen molar-refractivity contribution in [3.05, 3.63) is 23.8 Å². The minimum atomic E-state index is -0.00489. The second-order valence-electron chi connectivity index (χ2n) is 7.61. The molecule has 26 heavy (non-hydrogen) atoms. The summed E-state index contributed by atoms with van der Waals surface area (Å²) < 4.78 is 11.0. The van der Waals surface area contributed by atoms with Gasteiger partial charge in [-0.2, -0.15) is 0 Å². The summed E-state index contributed by atoms with van der Waals surface area (Å²) >= 11 is 0. The number of hydrogen-bond donors (Lipinski definition) is 0. The van der Waals surface area contributed by atoms with Crippen LogP contribution in [0.1, 0.15) is 68.1 Å². The van der Waals surface area contributed by atoms with Crippen molar-refractivity contribution in [1.82, 2.24) is 4.90 Å². The number of nitrogens with zero attached hydrogens (tertiary/aromatic N) is 1. The molecule has 0 aromatic heterocycles. The normalized spacial score (nSPS) is 19.8. The van der Waals surface area contributed by atoms with Gasteiger partial charge in [-0.15, -0.1) is 0 Å². The van der Waals surface area contributed by atoms with Crippen molar-refractivity contribution in [2.75, 3.05) is 13.2 Å². The van der Waals surface area contributed by atoms with E-state index >= 15 is 0 Å². The van der Waals surface area contributed by atoms with Gasteiger partial charge in [-0.1, -0.05) is 19.3 Å². The lowest BCUT2D eigenvalue weighted by atomic mass is 9.93. The van der Waals surface area contributed by atoms with Gasteiger partial charge in [0.2, 0.25) is 5.91 Å². The molecule has 2 aliphatic carbocycles. The Kier molecular flexibility index (Phi) is 5.14. The number of rotatable bonds is 6. The van der Waals surface area contributed by atoms with Crippen molar-refractivity contribution in [3.63, 3.8) is 0 Å². The second-order valence-corrected chi connectivity index (χ2v) is 7.61. The standard InChI is InChI=1S/C21H27NO4/c23-18(15-6-10-19-20(14-15)26-13-12-25-19)9-11-21(24)22(17-7-8-17)16-4-2-1-3-5-16/h6,10,14,16-17H,1-5,7-9,11-13H2. The molecule has 5 nitrogen and oxygen atoms in total. The third-order valence-corrected chi connectivity index (χ3v) is 5.63. The van der Waals surface area contributed by atoms with E-state index in [1.165, 1.54) is 19.3 Å². The van der Waals surface area contributed by atoms with Gasteiger partial charge in [0.15, 0.2) is 17.3 Å². The molecule has 0 atom stereocenters. The van der Waals surface area contributed by atoms with Crippen LogP contribution in [0, 0.1) is 0 Å². The predicted octanol–water partition coefficient (Wildman–Crippen LogP) is 3.74. The highest BCUT2D eigenvalue weighted by Gasteiger charge is 2.37. The quantitative estimate of drug-likeness (QED) is 0.728. The van der Waals surface area contributed by atoms with E-state index in [0.29, 0.717) is 48.8 Å². The zero-order chi connectivity index (χ0) is 17.9. The van der Waals surface area contributed by atoms with Crippen LogP contribution in [0.2, 0.25) is 0 Å². The van der Waals surface area contributed by atoms with E-state index in [9.17, 15) is 9.59 Å². The Morgan fingerprint density at radius 1 is 0.885 bits per heavy atom. The van der Waals surface area contributed by atoms with Crippen molar-refractivity contribution < 1.29 is 19.1 Å². The molecule has 1 heterocycles. The molecule has 0 unspecified atom stereocenters. The molecule has 2 saturated carbocycles. The summed E-state index contributed by atoms with van der Waals surface area (Å²) in [6.45, 7) is 1.04. The summed E-state index contributed by atoms with van der Waals surface area (Å²) in [5.74, 6) is 1.45. The fraction of sp³-hybridized carbons (Fsp3) is 0.619. The number of amides is 1. The Morgan fingerprint density at radius 3 is 2.31 bits per heavy atom. The Bertz CT molecular complexity index is 677. The number of carbonyl (C=O) groups is 2. The van der Waals surface area contributed by atoms with Crippen molar-refractivity contribution in [3.8, 4) is 11.5 Å². The van der Waals surface area contributed by atoms with Crippen LogP contribution in [0.25, 0.3) is 0 Å². The van der Waals surface area contributed by atoms with Gasteiger partial charge in [-0.25, -0.2) is 0 Å². The highest BCUT2D eigenvalue weighted by atomic mass is 16.6. The van der Waals surface area contributed by atoms with Gasteiger partial charge in [-0.3, -0.25) is 9.59 Å². The van der Waals surface area contributed by atoms with Crippen LogP contribution in [-0.4, -0.2) is 41.9 Å². The van der Waals surface area contributed by atoms with E-state index in [4.69, 9.17) is 9.47 Å². The molecule has 4 rings (SSSR count). The number of benzene rings is 1. The summed E-state index contributed by atoms with van der Waals surface area (Å²) in [5, 5.41) is 0. The molecule has 0 radical (unpaired) electrons. The Labute approximate surface area is 154 Å². The summed E-state index contributed by atoms with van der Waals surface area (Å²) in [5.41, 5.74) is 0.595. The lowest BCUT2D eigenvalue weighted by Crippen LogP contribution is -2.43. The maximum Gasteiger partial charge on any atom is 0.223 e. The van der Waals surface area contributed by atoms with Crippen LogP contribution < -0.4 is 9.47 Å².